The smallest absolute Gasteiger partial charge is 0.351 e. The van der Waals surface area contributed by atoms with E-state index in [1.807, 2.05) is 0 Å². The van der Waals surface area contributed by atoms with E-state index in [1.165, 1.54) is 24.3 Å². The summed E-state index contributed by atoms with van der Waals surface area (Å²) in [7, 11) is 0. The third-order valence-electron chi connectivity index (χ3n) is 4.82. The van der Waals surface area contributed by atoms with Crippen molar-refractivity contribution in [3.63, 3.8) is 0 Å². The summed E-state index contributed by atoms with van der Waals surface area (Å²) in [6.45, 7) is 4.74. The third-order valence-corrected chi connectivity index (χ3v) is 4.82. The highest BCUT2D eigenvalue weighted by molar-refractivity contribution is 6.09. The molecule has 1 aliphatic heterocycles. The summed E-state index contributed by atoms with van der Waals surface area (Å²) in [5.74, 6) is -1.32. The first-order valence-corrected chi connectivity index (χ1v) is 9.64. The molecule has 2 aromatic rings. The van der Waals surface area contributed by atoms with Crippen molar-refractivity contribution in [1.82, 2.24) is 15.5 Å². The number of para-hydroxylation sites is 1. The molecule has 30 heavy (non-hydrogen) atoms. The lowest BCUT2D eigenvalue weighted by atomic mass is 10.1. The van der Waals surface area contributed by atoms with Gasteiger partial charge in [0.05, 0.1) is 22.4 Å². The maximum atomic E-state index is 13.2. The van der Waals surface area contributed by atoms with Gasteiger partial charge in [-0.2, -0.15) is 13.2 Å². The Bertz CT molecular complexity index is 896. The van der Waals surface area contributed by atoms with Crippen LogP contribution in [0.3, 0.4) is 0 Å². The van der Waals surface area contributed by atoms with Crippen molar-refractivity contribution in [3.8, 4) is 0 Å². The van der Waals surface area contributed by atoms with Gasteiger partial charge in [-0.1, -0.05) is 24.3 Å². The largest absolute Gasteiger partial charge is 0.417 e. The zero-order valence-corrected chi connectivity index (χ0v) is 16.3. The van der Waals surface area contributed by atoms with Crippen LogP contribution in [-0.4, -0.2) is 56.0 Å². The summed E-state index contributed by atoms with van der Waals surface area (Å²) in [6.07, 6.45) is -4.66. The topological polar surface area (TPSA) is 73.5 Å². The van der Waals surface area contributed by atoms with Gasteiger partial charge < -0.3 is 16.0 Å². The molecule has 160 valence electrons. The van der Waals surface area contributed by atoms with Crippen molar-refractivity contribution in [2.24, 2.45) is 0 Å². The molecule has 3 N–H and O–H groups in total. The maximum Gasteiger partial charge on any atom is 0.417 e. The van der Waals surface area contributed by atoms with Crippen LogP contribution < -0.4 is 16.0 Å². The molecule has 1 heterocycles. The fourth-order valence-electron chi connectivity index (χ4n) is 3.27. The van der Waals surface area contributed by atoms with Crippen LogP contribution in [0.2, 0.25) is 0 Å². The van der Waals surface area contributed by atoms with Crippen molar-refractivity contribution in [2.45, 2.75) is 6.18 Å². The Morgan fingerprint density at radius 2 is 1.57 bits per heavy atom. The zero-order chi connectivity index (χ0) is 21.6. The lowest BCUT2D eigenvalue weighted by molar-refractivity contribution is -0.137. The number of hydrogen-bond donors (Lipinski definition) is 3. The van der Waals surface area contributed by atoms with Crippen molar-refractivity contribution in [2.75, 3.05) is 44.6 Å². The summed E-state index contributed by atoms with van der Waals surface area (Å²) >= 11 is 0. The molecular weight excluding hydrogens is 397 g/mol. The van der Waals surface area contributed by atoms with Crippen LogP contribution in [0, 0.1) is 0 Å². The lowest BCUT2D eigenvalue weighted by Crippen LogP contribution is -2.46. The highest BCUT2D eigenvalue weighted by Gasteiger charge is 2.35. The second kappa shape index (κ2) is 9.73. The van der Waals surface area contributed by atoms with Crippen LogP contribution >= 0.6 is 0 Å². The Balaban J connectivity index is 1.68. The summed E-state index contributed by atoms with van der Waals surface area (Å²) in [4.78, 5) is 27.3. The van der Waals surface area contributed by atoms with E-state index in [0.29, 0.717) is 13.1 Å². The maximum absolute atomic E-state index is 13.2. The Morgan fingerprint density at radius 3 is 2.27 bits per heavy atom. The van der Waals surface area contributed by atoms with Crippen LogP contribution in [-0.2, 0) is 6.18 Å². The number of carbonyl (C=O) groups is 2. The first-order chi connectivity index (χ1) is 14.4. The number of benzene rings is 2. The molecule has 0 atom stereocenters. The van der Waals surface area contributed by atoms with Crippen molar-refractivity contribution in [3.05, 3.63) is 65.2 Å². The van der Waals surface area contributed by atoms with Gasteiger partial charge in [0.15, 0.2) is 0 Å². The molecule has 1 aliphatic rings. The minimum Gasteiger partial charge on any atom is -0.351 e. The predicted molar refractivity (Wildman–Crippen MR) is 107 cm³/mol. The number of hydrogen-bond acceptors (Lipinski definition) is 4. The number of anilines is 1. The van der Waals surface area contributed by atoms with Crippen LogP contribution in [0.4, 0.5) is 18.9 Å². The van der Waals surface area contributed by atoms with Gasteiger partial charge in [0.2, 0.25) is 0 Å². The van der Waals surface area contributed by atoms with Gasteiger partial charge in [0.1, 0.15) is 0 Å². The van der Waals surface area contributed by atoms with Crippen molar-refractivity contribution in [1.29, 1.82) is 0 Å². The average molecular weight is 420 g/mol. The van der Waals surface area contributed by atoms with Crippen LogP contribution in [0.1, 0.15) is 26.3 Å². The summed E-state index contributed by atoms with van der Waals surface area (Å²) in [5, 5.41) is 8.50. The number of amides is 2. The lowest BCUT2D eigenvalue weighted by Gasteiger charge is -2.27. The van der Waals surface area contributed by atoms with Gasteiger partial charge >= 0.3 is 6.18 Å². The minimum atomic E-state index is -4.66. The second-order valence-corrected chi connectivity index (χ2v) is 6.89. The van der Waals surface area contributed by atoms with Gasteiger partial charge in [-0.25, -0.2) is 0 Å². The molecule has 3 rings (SSSR count). The van der Waals surface area contributed by atoms with Crippen molar-refractivity contribution >= 4 is 17.5 Å². The molecule has 0 unspecified atom stereocenters. The molecule has 0 spiro atoms. The molecule has 0 aromatic heterocycles. The Kier molecular flexibility index (Phi) is 7.07. The highest BCUT2D eigenvalue weighted by atomic mass is 19.4. The number of piperazine rings is 1. The van der Waals surface area contributed by atoms with Gasteiger partial charge in [0, 0.05) is 39.3 Å². The summed E-state index contributed by atoms with van der Waals surface area (Å²) in [5.41, 5.74) is -1.19. The zero-order valence-electron chi connectivity index (χ0n) is 16.3. The van der Waals surface area contributed by atoms with E-state index in [0.717, 1.165) is 38.3 Å². The van der Waals surface area contributed by atoms with E-state index in [1.54, 1.807) is 12.1 Å². The highest BCUT2D eigenvalue weighted by Crippen LogP contribution is 2.32. The normalized spacial score (nSPS) is 14.9. The standard InChI is InChI=1S/C21H23F3N4O2/c22-21(23,24)17-7-3-1-5-15(17)20(30)27-18-8-4-2-6-16(18)19(29)26-11-14-28-12-9-25-10-13-28/h1-8,25H,9-14H2,(H,26,29)(H,27,30). The van der Waals surface area contributed by atoms with Crippen LogP contribution in [0.15, 0.2) is 48.5 Å². The number of nitrogens with one attached hydrogen (secondary N) is 3. The fourth-order valence-corrected chi connectivity index (χ4v) is 3.27. The quantitative estimate of drug-likeness (QED) is 0.672. The number of alkyl halides is 3. The number of halogens is 3. The molecule has 0 saturated carbocycles. The fraction of sp³-hybridized carbons (Fsp3) is 0.333. The van der Waals surface area contributed by atoms with Gasteiger partial charge in [-0.15, -0.1) is 0 Å². The van der Waals surface area contributed by atoms with Crippen molar-refractivity contribution < 1.29 is 22.8 Å². The molecule has 0 bridgehead atoms. The average Bonchev–Trinajstić information content (AvgIpc) is 2.74. The molecule has 6 nitrogen and oxygen atoms in total. The number of carbonyl (C=O) groups excluding carboxylic acids is 2. The Hall–Kier alpha value is -2.91. The Labute approximate surface area is 172 Å². The SMILES string of the molecule is O=C(NCCN1CCNCC1)c1ccccc1NC(=O)c1ccccc1C(F)(F)F. The molecule has 9 heteroatoms. The molecule has 1 saturated heterocycles. The van der Waals surface area contributed by atoms with E-state index < -0.39 is 29.1 Å². The van der Waals surface area contributed by atoms with Crippen LogP contribution in [0.25, 0.3) is 0 Å². The van der Waals surface area contributed by atoms with Crippen LogP contribution in [0.5, 0.6) is 0 Å². The first kappa shape index (κ1) is 21.8. The van der Waals surface area contributed by atoms with E-state index in [-0.39, 0.29) is 11.3 Å². The first-order valence-electron chi connectivity index (χ1n) is 9.64. The van der Waals surface area contributed by atoms with E-state index in [9.17, 15) is 22.8 Å². The van der Waals surface area contributed by atoms with Gasteiger partial charge in [0.25, 0.3) is 11.8 Å². The van der Waals surface area contributed by atoms with E-state index >= 15 is 0 Å². The van der Waals surface area contributed by atoms with Gasteiger partial charge in [-0.05, 0) is 24.3 Å². The predicted octanol–water partition coefficient (Wildman–Crippen LogP) is 2.59. The molecule has 2 aromatic carbocycles. The number of nitrogens with zero attached hydrogens (tertiary/aromatic N) is 1. The molecular formula is C21H23F3N4O2. The van der Waals surface area contributed by atoms with E-state index in [2.05, 4.69) is 20.9 Å². The van der Waals surface area contributed by atoms with Gasteiger partial charge in [-0.3, -0.25) is 14.5 Å². The minimum absolute atomic E-state index is 0.152. The monoisotopic (exact) mass is 420 g/mol. The molecule has 0 aliphatic carbocycles. The molecule has 1 fully saturated rings. The summed E-state index contributed by atoms with van der Waals surface area (Å²) in [6, 6.07) is 10.8. The second-order valence-electron chi connectivity index (χ2n) is 6.89. The number of rotatable bonds is 6. The molecule has 2 amide bonds. The Morgan fingerprint density at radius 1 is 0.933 bits per heavy atom. The third kappa shape index (κ3) is 5.58. The molecule has 0 radical (unpaired) electrons. The van der Waals surface area contributed by atoms with E-state index in [4.69, 9.17) is 0 Å². The summed E-state index contributed by atoms with van der Waals surface area (Å²) < 4.78 is 39.6.